The molecule has 0 aliphatic carbocycles. The molecule has 116 valence electrons. The first kappa shape index (κ1) is 15.9. The normalized spacial score (nSPS) is 11.3. The van der Waals surface area contributed by atoms with Gasteiger partial charge in [0.1, 0.15) is 5.75 Å². The molecule has 0 aromatic heterocycles. The largest absolute Gasteiger partial charge is 0.493 e. The summed E-state index contributed by atoms with van der Waals surface area (Å²) in [6, 6.07) is 15.9. The van der Waals surface area contributed by atoms with Gasteiger partial charge in [0, 0.05) is 11.3 Å². The molecule has 0 unspecified atom stereocenters. The second-order valence-corrected chi connectivity index (χ2v) is 5.15. The first-order valence-electron chi connectivity index (χ1n) is 7.53. The molecule has 2 rings (SSSR count). The minimum atomic E-state index is 0.396. The number of hydrogen-bond acceptors (Lipinski definition) is 2. The van der Waals surface area contributed by atoms with Gasteiger partial charge < -0.3 is 15.8 Å². The molecule has 0 bridgehead atoms. The topological polar surface area (TPSA) is 59.6 Å². The molecule has 0 aliphatic heterocycles. The summed E-state index contributed by atoms with van der Waals surface area (Å²) >= 11 is 0. The molecule has 2 aromatic carbocycles. The van der Waals surface area contributed by atoms with Crippen LogP contribution in [0.1, 0.15) is 24.5 Å². The van der Waals surface area contributed by atoms with Crippen LogP contribution in [-0.4, -0.2) is 12.6 Å². The van der Waals surface area contributed by atoms with E-state index in [1.165, 1.54) is 5.56 Å². The van der Waals surface area contributed by atoms with Crippen molar-refractivity contribution in [3.8, 4) is 5.75 Å². The van der Waals surface area contributed by atoms with Crippen LogP contribution in [0.5, 0.6) is 5.75 Å². The first-order valence-corrected chi connectivity index (χ1v) is 7.53. The highest BCUT2D eigenvalue weighted by molar-refractivity contribution is 5.92. The van der Waals surface area contributed by atoms with Crippen LogP contribution in [0.3, 0.4) is 0 Å². The van der Waals surface area contributed by atoms with E-state index in [-0.39, 0.29) is 0 Å². The van der Waals surface area contributed by atoms with Crippen molar-refractivity contribution < 1.29 is 4.74 Å². The van der Waals surface area contributed by atoms with Gasteiger partial charge in [-0.25, -0.2) is 4.99 Å². The number of anilines is 1. The van der Waals surface area contributed by atoms with Gasteiger partial charge in [-0.15, -0.1) is 0 Å². The van der Waals surface area contributed by atoms with Crippen molar-refractivity contribution in [2.24, 2.45) is 10.7 Å². The molecule has 4 nitrogen and oxygen atoms in total. The second kappa shape index (κ2) is 8.08. The summed E-state index contributed by atoms with van der Waals surface area (Å²) < 4.78 is 5.79. The summed E-state index contributed by atoms with van der Waals surface area (Å²) in [6.07, 6.45) is 0.981. The number of rotatable bonds is 6. The van der Waals surface area contributed by atoms with Gasteiger partial charge in [-0.05, 0) is 37.1 Å². The molecule has 0 radical (unpaired) electrons. The average molecular weight is 297 g/mol. The summed E-state index contributed by atoms with van der Waals surface area (Å²) in [6.45, 7) is 5.34. The molecule has 0 saturated heterocycles. The van der Waals surface area contributed by atoms with E-state index < -0.39 is 0 Å². The van der Waals surface area contributed by atoms with E-state index in [1.807, 2.05) is 42.5 Å². The van der Waals surface area contributed by atoms with E-state index in [0.717, 1.165) is 23.4 Å². The van der Waals surface area contributed by atoms with Gasteiger partial charge in [0.15, 0.2) is 5.96 Å². The molecule has 0 atom stereocenters. The number of nitrogens with zero attached hydrogens (tertiary/aromatic N) is 1. The van der Waals surface area contributed by atoms with E-state index >= 15 is 0 Å². The van der Waals surface area contributed by atoms with E-state index in [4.69, 9.17) is 10.5 Å². The lowest BCUT2D eigenvalue weighted by atomic mass is 10.1. The average Bonchev–Trinajstić information content (AvgIpc) is 2.53. The standard InChI is InChI=1S/C18H23N3O/c1-3-11-22-17-12-14(2)9-10-15(17)13-20-18(19)21-16-7-5-4-6-8-16/h4-10,12H,3,11,13H2,1-2H3,(H3,19,20,21). The monoisotopic (exact) mass is 297 g/mol. The number of aliphatic imine (C=N–C) groups is 1. The Morgan fingerprint density at radius 3 is 2.68 bits per heavy atom. The molecule has 22 heavy (non-hydrogen) atoms. The summed E-state index contributed by atoms with van der Waals surface area (Å²) in [5.74, 6) is 1.28. The molecule has 0 saturated carbocycles. The predicted molar refractivity (Wildman–Crippen MR) is 92.4 cm³/mol. The third-order valence-electron chi connectivity index (χ3n) is 3.15. The van der Waals surface area contributed by atoms with Crippen LogP contribution in [-0.2, 0) is 6.54 Å². The fourth-order valence-electron chi connectivity index (χ4n) is 2.02. The van der Waals surface area contributed by atoms with Crippen LogP contribution in [0.2, 0.25) is 0 Å². The number of aryl methyl sites for hydroxylation is 1. The number of nitrogens with one attached hydrogen (secondary N) is 1. The number of nitrogens with two attached hydrogens (primary N) is 1. The zero-order valence-corrected chi connectivity index (χ0v) is 13.2. The third-order valence-corrected chi connectivity index (χ3v) is 3.15. The molecule has 0 amide bonds. The van der Waals surface area contributed by atoms with Crippen LogP contribution in [0, 0.1) is 6.92 Å². The molecule has 0 spiro atoms. The lowest BCUT2D eigenvalue weighted by Crippen LogP contribution is -2.22. The lowest BCUT2D eigenvalue weighted by molar-refractivity contribution is 0.314. The summed E-state index contributed by atoms with van der Waals surface area (Å²) in [7, 11) is 0. The maximum Gasteiger partial charge on any atom is 0.193 e. The van der Waals surface area contributed by atoms with E-state index in [0.29, 0.717) is 19.1 Å². The SMILES string of the molecule is CCCOc1cc(C)ccc1CN=C(N)Nc1ccccc1. The Hall–Kier alpha value is -2.49. The zero-order chi connectivity index (χ0) is 15.8. The quantitative estimate of drug-likeness (QED) is 0.631. The van der Waals surface area contributed by atoms with Crippen molar-refractivity contribution in [1.82, 2.24) is 0 Å². The fourth-order valence-corrected chi connectivity index (χ4v) is 2.02. The van der Waals surface area contributed by atoms with E-state index in [2.05, 4.69) is 30.2 Å². The molecule has 0 heterocycles. The Kier molecular flexibility index (Phi) is 5.83. The highest BCUT2D eigenvalue weighted by atomic mass is 16.5. The van der Waals surface area contributed by atoms with Gasteiger partial charge in [0.25, 0.3) is 0 Å². The van der Waals surface area contributed by atoms with Crippen molar-refractivity contribution in [3.05, 3.63) is 59.7 Å². The van der Waals surface area contributed by atoms with Gasteiger partial charge in [0.2, 0.25) is 0 Å². The number of ether oxygens (including phenoxy) is 1. The molecular weight excluding hydrogens is 274 g/mol. The summed E-state index contributed by atoms with van der Waals surface area (Å²) in [5.41, 5.74) is 9.07. The van der Waals surface area contributed by atoms with Crippen molar-refractivity contribution in [1.29, 1.82) is 0 Å². The molecule has 0 fully saturated rings. The van der Waals surface area contributed by atoms with Crippen molar-refractivity contribution in [2.75, 3.05) is 11.9 Å². The third kappa shape index (κ3) is 4.81. The van der Waals surface area contributed by atoms with Crippen LogP contribution in [0.4, 0.5) is 5.69 Å². The van der Waals surface area contributed by atoms with Crippen molar-refractivity contribution in [3.63, 3.8) is 0 Å². The lowest BCUT2D eigenvalue weighted by Gasteiger charge is -2.11. The number of guanidine groups is 1. The Balaban J connectivity index is 2.04. The smallest absolute Gasteiger partial charge is 0.193 e. The number of para-hydroxylation sites is 1. The molecule has 4 heteroatoms. The molecule has 0 aliphatic rings. The molecule has 2 aromatic rings. The van der Waals surface area contributed by atoms with Gasteiger partial charge in [0.05, 0.1) is 13.2 Å². The summed E-state index contributed by atoms with van der Waals surface area (Å²) in [5, 5.41) is 3.07. The Morgan fingerprint density at radius 1 is 1.18 bits per heavy atom. The van der Waals surface area contributed by atoms with Crippen LogP contribution < -0.4 is 15.8 Å². The molecular formula is C18H23N3O. The minimum Gasteiger partial charge on any atom is -0.493 e. The molecule has 3 N–H and O–H groups in total. The maximum atomic E-state index is 5.93. The van der Waals surface area contributed by atoms with Crippen LogP contribution >= 0.6 is 0 Å². The highest BCUT2D eigenvalue weighted by Crippen LogP contribution is 2.21. The Bertz CT molecular complexity index is 623. The van der Waals surface area contributed by atoms with Crippen molar-refractivity contribution in [2.45, 2.75) is 26.8 Å². The van der Waals surface area contributed by atoms with Gasteiger partial charge >= 0.3 is 0 Å². The van der Waals surface area contributed by atoms with Crippen LogP contribution in [0.15, 0.2) is 53.5 Å². The zero-order valence-electron chi connectivity index (χ0n) is 13.2. The predicted octanol–water partition coefficient (Wildman–Crippen LogP) is 3.71. The maximum absolute atomic E-state index is 5.93. The first-order chi connectivity index (χ1) is 10.7. The number of hydrogen-bond donors (Lipinski definition) is 2. The van der Waals surface area contributed by atoms with E-state index in [9.17, 15) is 0 Å². The van der Waals surface area contributed by atoms with Gasteiger partial charge in [-0.3, -0.25) is 0 Å². The fraction of sp³-hybridized carbons (Fsp3) is 0.278. The minimum absolute atomic E-state index is 0.396. The van der Waals surface area contributed by atoms with E-state index in [1.54, 1.807) is 0 Å². The second-order valence-electron chi connectivity index (χ2n) is 5.15. The van der Waals surface area contributed by atoms with Crippen molar-refractivity contribution >= 4 is 11.6 Å². The van der Waals surface area contributed by atoms with Gasteiger partial charge in [-0.2, -0.15) is 0 Å². The Labute approximate surface area is 132 Å². The van der Waals surface area contributed by atoms with Gasteiger partial charge in [-0.1, -0.05) is 37.3 Å². The van der Waals surface area contributed by atoms with Crippen LogP contribution in [0.25, 0.3) is 0 Å². The number of benzene rings is 2. The summed E-state index contributed by atoms with van der Waals surface area (Å²) in [4.78, 5) is 4.39. The Morgan fingerprint density at radius 2 is 1.95 bits per heavy atom. The highest BCUT2D eigenvalue weighted by Gasteiger charge is 2.04.